The highest BCUT2D eigenvalue weighted by molar-refractivity contribution is 7.10. The van der Waals surface area contributed by atoms with Crippen LogP contribution in [0.15, 0.2) is 40.7 Å². The van der Waals surface area contributed by atoms with E-state index in [1.807, 2.05) is 12.1 Å². The smallest absolute Gasteiger partial charge is 0.191 e. The van der Waals surface area contributed by atoms with Gasteiger partial charge in [-0.3, -0.25) is 4.99 Å². The summed E-state index contributed by atoms with van der Waals surface area (Å²) >= 11 is 1.77. The number of guanidine groups is 1. The normalized spacial score (nSPS) is 12.7. The van der Waals surface area contributed by atoms with E-state index >= 15 is 0 Å². The minimum absolute atomic E-state index is 0.164. The van der Waals surface area contributed by atoms with Gasteiger partial charge in [0.25, 0.3) is 0 Å². The van der Waals surface area contributed by atoms with Crippen molar-refractivity contribution in [1.82, 2.24) is 10.6 Å². The van der Waals surface area contributed by atoms with Crippen LogP contribution in [0.1, 0.15) is 30.2 Å². The van der Waals surface area contributed by atoms with Crippen molar-refractivity contribution in [2.24, 2.45) is 4.99 Å². The van der Waals surface area contributed by atoms with E-state index in [0.717, 1.165) is 37.6 Å². The third-order valence-corrected chi connectivity index (χ3v) is 4.95. The van der Waals surface area contributed by atoms with Gasteiger partial charge in [0, 0.05) is 23.9 Å². The Labute approximate surface area is 153 Å². The molecule has 0 saturated heterocycles. The molecule has 1 heterocycles. The third-order valence-electron chi connectivity index (χ3n) is 3.85. The van der Waals surface area contributed by atoms with E-state index in [1.165, 1.54) is 4.88 Å². The number of hydrogen-bond acceptors (Lipinski definition) is 4. The first-order chi connectivity index (χ1) is 12.1. The molecule has 1 unspecified atom stereocenters. The molecule has 0 aliphatic rings. The molecule has 25 heavy (non-hydrogen) atoms. The zero-order valence-electron chi connectivity index (χ0n) is 15.1. The summed E-state index contributed by atoms with van der Waals surface area (Å²) in [5, 5.41) is 18.4. The number of nitrogens with one attached hydrogen (secondary N) is 2. The number of thiophene rings is 1. The van der Waals surface area contributed by atoms with Crippen LogP contribution in [-0.4, -0.2) is 37.8 Å². The molecule has 3 N–H and O–H groups in total. The van der Waals surface area contributed by atoms with Gasteiger partial charge in [0.05, 0.1) is 13.7 Å². The third kappa shape index (κ3) is 5.98. The molecule has 1 atom stereocenters. The number of rotatable bonds is 8. The fourth-order valence-corrected chi connectivity index (χ4v) is 3.21. The van der Waals surface area contributed by atoms with Crippen molar-refractivity contribution in [1.29, 1.82) is 0 Å². The van der Waals surface area contributed by atoms with Crippen molar-refractivity contribution >= 4 is 17.3 Å². The lowest BCUT2D eigenvalue weighted by molar-refractivity contribution is 0.373. The summed E-state index contributed by atoms with van der Waals surface area (Å²) in [5.74, 6) is 1.91. The fraction of sp³-hybridized carbons (Fsp3) is 0.421. The summed E-state index contributed by atoms with van der Waals surface area (Å²) < 4.78 is 5.15. The number of methoxy groups -OCH3 is 1. The molecule has 0 amide bonds. The second-order valence-corrected chi connectivity index (χ2v) is 6.80. The summed E-state index contributed by atoms with van der Waals surface area (Å²) in [6, 6.07) is 9.66. The van der Waals surface area contributed by atoms with E-state index < -0.39 is 0 Å². The molecule has 136 valence electrons. The Balaban J connectivity index is 1.87. The number of phenols is 1. The van der Waals surface area contributed by atoms with Crippen molar-refractivity contribution in [2.75, 3.05) is 26.7 Å². The predicted molar refractivity (Wildman–Crippen MR) is 105 cm³/mol. The van der Waals surface area contributed by atoms with Crippen LogP contribution in [0.4, 0.5) is 0 Å². The van der Waals surface area contributed by atoms with Gasteiger partial charge in [0.1, 0.15) is 0 Å². The summed E-state index contributed by atoms with van der Waals surface area (Å²) in [5.41, 5.74) is 1.10. The average molecular weight is 362 g/mol. The van der Waals surface area contributed by atoms with E-state index in [1.54, 1.807) is 24.5 Å². The van der Waals surface area contributed by atoms with Gasteiger partial charge in [-0.05, 0) is 42.5 Å². The van der Waals surface area contributed by atoms with Crippen molar-refractivity contribution in [2.45, 2.75) is 26.2 Å². The summed E-state index contributed by atoms with van der Waals surface area (Å²) in [4.78, 5) is 6.04. The number of aromatic hydroxyl groups is 1. The number of aliphatic imine (C=N–C) groups is 1. The molecule has 1 aromatic heterocycles. The highest BCUT2D eigenvalue weighted by Crippen LogP contribution is 2.26. The molecule has 0 aliphatic heterocycles. The van der Waals surface area contributed by atoms with Crippen molar-refractivity contribution in [3.05, 3.63) is 46.2 Å². The van der Waals surface area contributed by atoms with Gasteiger partial charge in [-0.25, -0.2) is 0 Å². The molecule has 2 rings (SSSR count). The SMILES string of the molecule is CCNC(=NCC(C)c1cccs1)NCCc1ccc(O)c(OC)c1. The maximum absolute atomic E-state index is 9.65. The number of ether oxygens (including phenoxy) is 1. The van der Waals surface area contributed by atoms with Crippen LogP contribution in [0.3, 0.4) is 0 Å². The molecule has 0 bridgehead atoms. The first-order valence-electron chi connectivity index (χ1n) is 8.55. The number of nitrogens with zero attached hydrogens (tertiary/aromatic N) is 1. The number of hydrogen-bond donors (Lipinski definition) is 3. The molecule has 2 aromatic rings. The number of phenolic OH excluding ortho intramolecular Hbond substituents is 1. The predicted octanol–water partition coefficient (Wildman–Crippen LogP) is 3.36. The van der Waals surface area contributed by atoms with Gasteiger partial charge >= 0.3 is 0 Å². The molecular formula is C19H27N3O2S. The largest absolute Gasteiger partial charge is 0.504 e. The molecule has 0 aliphatic carbocycles. The highest BCUT2D eigenvalue weighted by atomic mass is 32.1. The second kappa shape index (κ2) is 9.93. The van der Waals surface area contributed by atoms with Gasteiger partial charge in [0.2, 0.25) is 0 Å². The van der Waals surface area contributed by atoms with Crippen LogP contribution in [0.2, 0.25) is 0 Å². The Kier molecular flexibility index (Phi) is 7.60. The fourth-order valence-electron chi connectivity index (χ4n) is 2.43. The lowest BCUT2D eigenvalue weighted by Crippen LogP contribution is -2.38. The van der Waals surface area contributed by atoms with Crippen molar-refractivity contribution < 1.29 is 9.84 Å². The van der Waals surface area contributed by atoms with Gasteiger partial charge in [-0.1, -0.05) is 19.1 Å². The summed E-state index contributed by atoms with van der Waals surface area (Å²) in [6.45, 7) is 6.59. The lowest BCUT2D eigenvalue weighted by Gasteiger charge is -2.13. The first-order valence-corrected chi connectivity index (χ1v) is 9.43. The highest BCUT2D eigenvalue weighted by Gasteiger charge is 2.07. The molecule has 0 spiro atoms. The Hall–Kier alpha value is -2.21. The Bertz CT molecular complexity index is 671. The van der Waals surface area contributed by atoms with Crippen LogP contribution in [0.5, 0.6) is 11.5 Å². The summed E-state index contributed by atoms with van der Waals surface area (Å²) in [6.07, 6.45) is 0.821. The lowest BCUT2D eigenvalue weighted by atomic mass is 10.1. The van der Waals surface area contributed by atoms with Gasteiger partial charge in [0.15, 0.2) is 17.5 Å². The number of benzene rings is 1. The zero-order chi connectivity index (χ0) is 18.1. The van der Waals surface area contributed by atoms with Crippen LogP contribution in [-0.2, 0) is 6.42 Å². The maximum atomic E-state index is 9.65. The molecule has 0 fully saturated rings. The molecule has 0 saturated carbocycles. The van der Waals surface area contributed by atoms with Gasteiger partial charge in [-0.15, -0.1) is 11.3 Å². The molecule has 6 heteroatoms. The molecule has 5 nitrogen and oxygen atoms in total. The minimum Gasteiger partial charge on any atom is -0.504 e. The van der Waals surface area contributed by atoms with Crippen LogP contribution >= 0.6 is 11.3 Å². The van der Waals surface area contributed by atoms with E-state index in [-0.39, 0.29) is 5.75 Å². The van der Waals surface area contributed by atoms with E-state index in [0.29, 0.717) is 11.7 Å². The van der Waals surface area contributed by atoms with Crippen molar-refractivity contribution in [3.8, 4) is 11.5 Å². The Morgan fingerprint density at radius 1 is 1.32 bits per heavy atom. The molecular weight excluding hydrogens is 334 g/mol. The van der Waals surface area contributed by atoms with Crippen molar-refractivity contribution in [3.63, 3.8) is 0 Å². The molecule has 0 radical (unpaired) electrons. The van der Waals surface area contributed by atoms with E-state index in [4.69, 9.17) is 4.74 Å². The quantitative estimate of drug-likeness (QED) is 0.498. The Morgan fingerprint density at radius 3 is 2.84 bits per heavy atom. The van der Waals surface area contributed by atoms with Crippen LogP contribution < -0.4 is 15.4 Å². The van der Waals surface area contributed by atoms with Gasteiger partial charge < -0.3 is 20.5 Å². The van der Waals surface area contributed by atoms with E-state index in [9.17, 15) is 5.11 Å². The average Bonchev–Trinajstić information content (AvgIpc) is 3.15. The van der Waals surface area contributed by atoms with Crippen LogP contribution in [0.25, 0.3) is 0 Å². The van der Waals surface area contributed by atoms with Crippen LogP contribution in [0, 0.1) is 0 Å². The topological polar surface area (TPSA) is 65.9 Å². The standard InChI is InChI=1S/C19H27N3O2S/c1-4-20-19(22-13-14(2)18-6-5-11-25-18)21-10-9-15-7-8-16(23)17(12-15)24-3/h5-8,11-12,14,23H,4,9-10,13H2,1-3H3,(H2,20,21,22). The second-order valence-electron chi connectivity index (χ2n) is 5.82. The maximum Gasteiger partial charge on any atom is 0.191 e. The Morgan fingerprint density at radius 2 is 2.16 bits per heavy atom. The first kappa shape index (κ1) is 19.1. The monoisotopic (exact) mass is 361 g/mol. The minimum atomic E-state index is 0.164. The molecule has 1 aromatic carbocycles. The summed E-state index contributed by atoms with van der Waals surface area (Å²) in [7, 11) is 1.56. The van der Waals surface area contributed by atoms with E-state index in [2.05, 4.69) is 47.0 Å². The van der Waals surface area contributed by atoms with Gasteiger partial charge in [-0.2, -0.15) is 0 Å². The zero-order valence-corrected chi connectivity index (χ0v) is 15.9.